The topological polar surface area (TPSA) is 88.2 Å². The van der Waals surface area contributed by atoms with Gasteiger partial charge in [-0.3, -0.25) is 4.98 Å². The zero-order valence-corrected chi connectivity index (χ0v) is 16.2. The van der Waals surface area contributed by atoms with E-state index < -0.39 is 32.5 Å². The molecule has 2 amide bonds. The van der Waals surface area contributed by atoms with Gasteiger partial charge in [0.2, 0.25) is 9.84 Å². The second kappa shape index (κ2) is 8.54. The molecule has 0 bridgehead atoms. The standard InChI is InChI=1S/C20H16F3N3O3S/c21-20(22,23)17-5-1-2-6-18(17)30(28,29)16-9-7-15(8-10-16)26-19(27)25-13-14-4-3-11-24-12-14/h1-12H,13H2,(H2,25,26,27). The Morgan fingerprint density at radius 2 is 1.67 bits per heavy atom. The minimum Gasteiger partial charge on any atom is -0.334 e. The van der Waals surface area contributed by atoms with E-state index in [2.05, 4.69) is 15.6 Å². The maximum Gasteiger partial charge on any atom is 0.417 e. The molecular formula is C20H16F3N3O3S. The molecule has 6 nitrogen and oxygen atoms in total. The van der Waals surface area contributed by atoms with E-state index in [9.17, 15) is 26.4 Å². The number of benzene rings is 2. The quantitative estimate of drug-likeness (QED) is 0.627. The number of anilines is 1. The van der Waals surface area contributed by atoms with Crippen molar-refractivity contribution in [3.8, 4) is 0 Å². The summed E-state index contributed by atoms with van der Waals surface area (Å²) in [6.45, 7) is 0.236. The van der Waals surface area contributed by atoms with Gasteiger partial charge >= 0.3 is 12.2 Å². The number of carbonyl (C=O) groups is 1. The molecule has 156 valence electrons. The van der Waals surface area contributed by atoms with Gasteiger partial charge in [-0.05, 0) is 48.0 Å². The van der Waals surface area contributed by atoms with Crippen molar-refractivity contribution in [3.63, 3.8) is 0 Å². The number of aromatic nitrogens is 1. The smallest absolute Gasteiger partial charge is 0.334 e. The number of alkyl halides is 3. The molecule has 3 aromatic rings. The van der Waals surface area contributed by atoms with Crippen LogP contribution in [-0.2, 0) is 22.6 Å². The van der Waals surface area contributed by atoms with Crippen molar-refractivity contribution in [2.24, 2.45) is 0 Å². The summed E-state index contributed by atoms with van der Waals surface area (Å²) in [5.74, 6) is 0. The van der Waals surface area contributed by atoms with Gasteiger partial charge in [0.05, 0.1) is 15.4 Å². The fourth-order valence-electron chi connectivity index (χ4n) is 2.64. The van der Waals surface area contributed by atoms with Crippen LogP contribution in [0.5, 0.6) is 0 Å². The third kappa shape index (κ3) is 4.95. The molecule has 0 radical (unpaired) electrons. The van der Waals surface area contributed by atoms with Crippen molar-refractivity contribution in [3.05, 3.63) is 84.2 Å². The maximum atomic E-state index is 13.2. The number of nitrogens with zero attached hydrogens (tertiary/aromatic N) is 1. The second-order valence-electron chi connectivity index (χ2n) is 6.19. The molecule has 0 aliphatic rings. The molecule has 0 saturated carbocycles. The van der Waals surface area contributed by atoms with Crippen LogP contribution in [0.2, 0.25) is 0 Å². The number of nitrogens with one attached hydrogen (secondary N) is 2. The summed E-state index contributed by atoms with van der Waals surface area (Å²) in [6.07, 6.45) is -1.61. The Bertz CT molecular complexity index is 1130. The molecule has 0 spiro atoms. The Kier molecular flexibility index (Phi) is 6.06. The first-order valence-electron chi connectivity index (χ1n) is 8.63. The minimum absolute atomic E-state index is 0.236. The average molecular weight is 435 g/mol. The Balaban J connectivity index is 1.73. The lowest BCUT2D eigenvalue weighted by Crippen LogP contribution is -2.28. The second-order valence-corrected chi connectivity index (χ2v) is 8.11. The molecule has 2 aromatic carbocycles. The van der Waals surface area contributed by atoms with Gasteiger partial charge in [-0.1, -0.05) is 18.2 Å². The Morgan fingerprint density at radius 3 is 2.30 bits per heavy atom. The van der Waals surface area contributed by atoms with Crippen LogP contribution in [0.3, 0.4) is 0 Å². The summed E-state index contributed by atoms with van der Waals surface area (Å²) >= 11 is 0. The largest absolute Gasteiger partial charge is 0.417 e. The first kappa shape index (κ1) is 21.3. The number of halogens is 3. The number of carbonyl (C=O) groups excluding carboxylic acids is 1. The summed E-state index contributed by atoms with van der Waals surface area (Å²) < 4.78 is 64.9. The molecule has 0 fully saturated rings. The number of rotatable bonds is 5. The van der Waals surface area contributed by atoms with Gasteiger partial charge in [-0.25, -0.2) is 13.2 Å². The van der Waals surface area contributed by atoms with Gasteiger partial charge in [-0.15, -0.1) is 0 Å². The van der Waals surface area contributed by atoms with Crippen LogP contribution in [0.15, 0.2) is 82.8 Å². The normalized spacial score (nSPS) is 11.7. The van der Waals surface area contributed by atoms with E-state index in [-0.39, 0.29) is 17.1 Å². The Labute approximate surface area is 170 Å². The maximum absolute atomic E-state index is 13.2. The minimum atomic E-state index is -4.81. The molecule has 0 atom stereocenters. The Morgan fingerprint density at radius 1 is 0.967 bits per heavy atom. The molecule has 1 heterocycles. The molecule has 1 aromatic heterocycles. The van der Waals surface area contributed by atoms with E-state index in [0.717, 1.165) is 35.9 Å². The third-order valence-electron chi connectivity index (χ3n) is 4.08. The van der Waals surface area contributed by atoms with Gasteiger partial charge in [0.25, 0.3) is 0 Å². The molecule has 0 aliphatic heterocycles. The zero-order valence-electron chi connectivity index (χ0n) is 15.3. The van der Waals surface area contributed by atoms with E-state index in [1.165, 1.54) is 18.2 Å². The highest BCUT2D eigenvalue weighted by molar-refractivity contribution is 7.91. The lowest BCUT2D eigenvalue weighted by molar-refractivity contribution is -0.139. The summed E-state index contributed by atoms with van der Waals surface area (Å²) in [5, 5.41) is 5.13. The average Bonchev–Trinajstić information content (AvgIpc) is 2.73. The predicted molar refractivity (Wildman–Crippen MR) is 103 cm³/mol. The molecule has 0 unspecified atom stereocenters. The van der Waals surface area contributed by atoms with Gasteiger partial charge < -0.3 is 10.6 Å². The summed E-state index contributed by atoms with van der Waals surface area (Å²) in [4.78, 5) is 14.7. The van der Waals surface area contributed by atoms with Crippen LogP contribution in [0.25, 0.3) is 0 Å². The first-order chi connectivity index (χ1) is 14.2. The van der Waals surface area contributed by atoms with Crippen molar-refractivity contribution in [1.82, 2.24) is 10.3 Å². The zero-order chi connectivity index (χ0) is 21.8. The number of urea groups is 1. The predicted octanol–water partition coefficient (Wildman–Crippen LogP) is 4.25. The number of hydrogen-bond donors (Lipinski definition) is 2. The van der Waals surface area contributed by atoms with Gasteiger partial charge in [0, 0.05) is 24.6 Å². The molecule has 10 heteroatoms. The summed E-state index contributed by atoms with van der Waals surface area (Å²) in [7, 11) is -4.40. The van der Waals surface area contributed by atoms with Gasteiger partial charge in [-0.2, -0.15) is 13.2 Å². The summed E-state index contributed by atoms with van der Waals surface area (Å²) in [6, 6.07) is 11.8. The highest BCUT2D eigenvalue weighted by Crippen LogP contribution is 2.36. The van der Waals surface area contributed by atoms with E-state index >= 15 is 0 Å². The molecule has 30 heavy (non-hydrogen) atoms. The van der Waals surface area contributed by atoms with Crippen molar-refractivity contribution in [1.29, 1.82) is 0 Å². The van der Waals surface area contributed by atoms with Crippen molar-refractivity contribution in [2.45, 2.75) is 22.5 Å². The molecular weight excluding hydrogens is 419 g/mol. The fraction of sp³-hybridized carbons (Fsp3) is 0.100. The monoisotopic (exact) mass is 435 g/mol. The van der Waals surface area contributed by atoms with Crippen LogP contribution in [0, 0.1) is 0 Å². The van der Waals surface area contributed by atoms with Gasteiger partial charge in [0.15, 0.2) is 0 Å². The highest BCUT2D eigenvalue weighted by atomic mass is 32.2. The van der Waals surface area contributed by atoms with E-state index in [1.54, 1.807) is 24.5 Å². The van der Waals surface area contributed by atoms with Crippen molar-refractivity contribution in [2.75, 3.05) is 5.32 Å². The molecule has 2 N–H and O–H groups in total. The van der Waals surface area contributed by atoms with Gasteiger partial charge in [0.1, 0.15) is 0 Å². The van der Waals surface area contributed by atoms with E-state index in [1.807, 2.05) is 0 Å². The lowest BCUT2D eigenvalue weighted by atomic mass is 10.2. The number of pyridine rings is 1. The van der Waals surface area contributed by atoms with E-state index in [0.29, 0.717) is 0 Å². The molecule has 3 rings (SSSR count). The van der Waals surface area contributed by atoms with Crippen molar-refractivity contribution < 1.29 is 26.4 Å². The van der Waals surface area contributed by atoms with Crippen molar-refractivity contribution >= 4 is 21.6 Å². The fourth-order valence-corrected chi connectivity index (χ4v) is 4.12. The molecule has 0 aliphatic carbocycles. The third-order valence-corrected chi connectivity index (χ3v) is 5.91. The van der Waals surface area contributed by atoms with E-state index in [4.69, 9.17) is 0 Å². The van der Waals surface area contributed by atoms with Crippen LogP contribution in [-0.4, -0.2) is 19.4 Å². The number of hydrogen-bond acceptors (Lipinski definition) is 4. The number of amides is 2. The lowest BCUT2D eigenvalue weighted by Gasteiger charge is -2.13. The van der Waals surface area contributed by atoms with Crippen LogP contribution < -0.4 is 10.6 Å². The van der Waals surface area contributed by atoms with Crippen LogP contribution in [0.1, 0.15) is 11.1 Å². The summed E-state index contributed by atoms with van der Waals surface area (Å²) in [5.41, 5.74) is -0.166. The first-order valence-corrected chi connectivity index (χ1v) is 10.1. The highest BCUT2D eigenvalue weighted by Gasteiger charge is 2.37. The Hall–Kier alpha value is -3.40. The van der Waals surface area contributed by atoms with Crippen LogP contribution in [0.4, 0.5) is 23.7 Å². The SMILES string of the molecule is O=C(NCc1cccnc1)Nc1ccc(S(=O)(=O)c2ccccc2C(F)(F)F)cc1. The molecule has 0 saturated heterocycles. The van der Waals surface area contributed by atoms with Crippen LogP contribution >= 0.6 is 0 Å². The number of sulfone groups is 1.